The number of aliphatic hydroxyl groups is 2. The summed E-state index contributed by atoms with van der Waals surface area (Å²) in [6.07, 6.45) is -12.0. The Balaban J connectivity index is 2.30. The Kier molecular flexibility index (Phi) is 11.8. The third kappa shape index (κ3) is 8.35. The molecule has 39 heavy (non-hydrogen) atoms. The maximum Gasteiger partial charge on any atom is 0.411 e. The molecule has 2 fully saturated rings. The molecule has 1 amide bonds. The molecule has 0 aromatic heterocycles. The number of amides is 1. The van der Waals surface area contributed by atoms with Crippen molar-refractivity contribution < 1.29 is 56.6 Å². The maximum atomic E-state index is 13.2. The predicted molar refractivity (Wildman–Crippen MR) is 134 cm³/mol. The van der Waals surface area contributed by atoms with Crippen LogP contribution in [0.25, 0.3) is 0 Å². The highest BCUT2D eigenvalue weighted by Crippen LogP contribution is 2.41. The van der Waals surface area contributed by atoms with Crippen LogP contribution in [0.3, 0.4) is 0 Å². The highest BCUT2D eigenvalue weighted by atomic mass is 19.4. The van der Waals surface area contributed by atoms with Crippen molar-refractivity contribution in [3.8, 4) is 0 Å². The van der Waals surface area contributed by atoms with E-state index in [1.54, 1.807) is 20.8 Å². The van der Waals surface area contributed by atoms with Crippen LogP contribution in [-0.4, -0.2) is 105 Å². The molecule has 9 atom stereocenters. The Morgan fingerprint density at radius 3 is 2.41 bits per heavy atom. The van der Waals surface area contributed by atoms with Crippen molar-refractivity contribution in [1.82, 2.24) is 5.32 Å². The molecule has 0 spiro atoms. The zero-order valence-electron chi connectivity index (χ0n) is 23.7. The summed E-state index contributed by atoms with van der Waals surface area (Å²) < 4.78 is 72.4. The first-order chi connectivity index (χ1) is 18.0. The molecule has 2 saturated heterocycles. The third-order valence-electron chi connectivity index (χ3n) is 7.91. The van der Waals surface area contributed by atoms with Gasteiger partial charge in [-0.1, -0.05) is 32.9 Å². The van der Waals surface area contributed by atoms with E-state index in [-0.39, 0.29) is 31.8 Å². The Morgan fingerprint density at radius 2 is 1.90 bits per heavy atom. The van der Waals surface area contributed by atoms with Gasteiger partial charge in [0, 0.05) is 51.9 Å². The zero-order chi connectivity index (χ0) is 29.8. The molecule has 2 heterocycles. The fraction of sp³-hybridized carbons (Fsp3) is 0.885. The van der Waals surface area contributed by atoms with E-state index in [1.807, 2.05) is 6.92 Å². The van der Waals surface area contributed by atoms with Crippen LogP contribution < -0.4 is 5.32 Å². The summed E-state index contributed by atoms with van der Waals surface area (Å²) in [5.41, 5.74) is -0.123. The minimum Gasteiger partial charge on any atom is -0.392 e. The second-order valence-corrected chi connectivity index (χ2v) is 11.0. The first kappa shape index (κ1) is 33.9. The van der Waals surface area contributed by atoms with Gasteiger partial charge in [0.1, 0.15) is 12.7 Å². The molecule has 0 unspecified atom stereocenters. The molecule has 228 valence electrons. The van der Waals surface area contributed by atoms with Gasteiger partial charge in [-0.15, -0.1) is 0 Å². The van der Waals surface area contributed by atoms with Gasteiger partial charge >= 0.3 is 6.18 Å². The van der Waals surface area contributed by atoms with E-state index in [1.165, 1.54) is 21.3 Å². The first-order valence-corrected chi connectivity index (χ1v) is 12.9. The lowest BCUT2D eigenvalue weighted by Gasteiger charge is -2.48. The van der Waals surface area contributed by atoms with E-state index in [0.29, 0.717) is 5.57 Å². The standard InChI is InChI=1S/C26H44F3NO9/c1-14-11-25(36-8,39-16(3)15(14)2)21(32)22(33)30-23(37-13-26(27,28)29)18-10-19(31)24(4,5)20(38-18)9-17(35-7)12-34-6/h15-21,23,31-32H,1,9-13H2,2-8H3,(H,30,33)/t15-,16-,17+,18+,19+,20+,21-,23+,25-/m1/s1. The first-order valence-electron chi connectivity index (χ1n) is 12.9. The fourth-order valence-electron chi connectivity index (χ4n) is 4.90. The molecule has 2 aliphatic rings. The van der Waals surface area contributed by atoms with Crippen LogP contribution in [0.2, 0.25) is 0 Å². The number of hydrogen-bond donors (Lipinski definition) is 3. The normalized spacial score (nSPS) is 33.8. The molecule has 0 saturated carbocycles. The molecule has 0 bridgehead atoms. The third-order valence-corrected chi connectivity index (χ3v) is 7.91. The molecule has 13 heteroatoms. The van der Waals surface area contributed by atoms with Gasteiger partial charge in [-0.25, -0.2) is 0 Å². The van der Waals surface area contributed by atoms with Gasteiger partial charge in [-0.05, 0) is 6.92 Å². The fourth-order valence-corrected chi connectivity index (χ4v) is 4.90. The number of carbonyl (C=O) groups is 1. The molecule has 0 aliphatic carbocycles. The largest absolute Gasteiger partial charge is 0.411 e. The van der Waals surface area contributed by atoms with Crippen molar-refractivity contribution in [2.75, 3.05) is 34.5 Å². The van der Waals surface area contributed by atoms with Crippen LogP contribution in [0, 0.1) is 11.3 Å². The second-order valence-electron chi connectivity index (χ2n) is 11.0. The minimum absolute atomic E-state index is 0.00944. The van der Waals surface area contributed by atoms with E-state index < -0.39 is 72.7 Å². The molecule has 3 N–H and O–H groups in total. The molecule has 0 aromatic rings. The smallest absolute Gasteiger partial charge is 0.392 e. The number of alkyl halides is 3. The number of halogens is 3. The number of methoxy groups -OCH3 is 3. The molecule has 2 rings (SSSR count). The monoisotopic (exact) mass is 571 g/mol. The Labute approximate surface area is 228 Å². The summed E-state index contributed by atoms with van der Waals surface area (Å²) in [4.78, 5) is 13.2. The summed E-state index contributed by atoms with van der Waals surface area (Å²) in [6, 6.07) is 0. The lowest BCUT2D eigenvalue weighted by Crippen LogP contribution is -2.62. The van der Waals surface area contributed by atoms with Gasteiger partial charge < -0.3 is 44.0 Å². The maximum absolute atomic E-state index is 13.2. The number of hydrogen-bond acceptors (Lipinski definition) is 9. The zero-order valence-corrected chi connectivity index (χ0v) is 23.7. The van der Waals surface area contributed by atoms with Gasteiger partial charge in [-0.3, -0.25) is 4.79 Å². The predicted octanol–water partition coefficient (Wildman–Crippen LogP) is 2.31. The molecule has 0 radical (unpaired) electrons. The van der Waals surface area contributed by atoms with Crippen LogP contribution in [0.1, 0.15) is 47.0 Å². The summed E-state index contributed by atoms with van der Waals surface area (Å²) in [5.74, 6) is -2.96. The summed E-state index contributed by atoms with van der Waals surface area (Å²) in [5, 5.41) is 24.2. The summed E-state index contributed by atoms with van der Waals surface area (Å²) in [6.45, 7) is 9.66. The van der Waals surface area contributed by atoms with Crippen molar-refractivity contribution in [2.24, 2.45) is 11.3 Å². The number of nitrogens with one attached hydrogen (secondary N) is 1. The van der Waals surface area contributed by atoms with Gasteiger partial charge in [0.15, 0.2) is 12.3 Å². The van der Waals surface area contributed by atoms with E-state index in [2.05, 4.69) is 11.9 Å². The Hall–Kier alpha value is -1.32. The number of aliphatic hydroxyl groups excluding tert-OH is 2. The molecular weight excluding hydrogens is 527 g/mol. The second kappa shape index (κ2) is 13.6. The topological polar surface area (TPSA) is 125 Å². The highest BCUT2D eigenvalue weighted by Gasteiger charge is 2.52. The van der Waals surface area contributed by atoms with Crippen molar-refractivity contribution >= 4 is 5.91 Å². The van der Waals surface area contributed by atoms with E-state index >= 15 is 0 Å². The average molecular weight is 572 g/mol. The minimum atomic E-state index is -4.71. The lowest BCUT2D eigenvalue weighted by atomic mass is 9.74. The van der Waals surface area contributed by atoms with Crippen LogP contribution in [0.5, 0.6) is 0 Å². The highest BCUT2D eigenvalue weighted by molar-refractivity contribution is 5.82. The van der Waals surface area contributed by atoms with Gasteiger partial charge in [-0.2, -0.15) is 13.2 Å². The van der Waals surface area contributed by atoms with E-state index in [9.17, 15) is 28.2 Å². The Bertz CT molecular complexity index is 827. The van der Waals surface area contributed by atoms with Crippen LogP contribution in [-0.2, 0) is 33.2 Å². The van der Waals surface area contributed by atoms with Gasteiger partial charge in [0.2, 0.25) is 5.79 Å². The molecule has 2 aliphatic heterocycles. The lowest BCUT2D eigenvalue weighted by molar-refractivity contribution is -0.298. The van der Waals surface area contributed by atoms with Crippen LogP contribution in [0.4, 0.5) is 13.2 Å². The van der Waals surface area contributed by atoms with Crippen molar-refractivity contribution in [3.05, 3.63) is 12.2 Å². The summed E-state index contributed by atoms with van der Waals surface area (Å²) in [7, 11) is 4.24. The van der Waals surface area contributed by atoms with E-state index in [0.717, 1.165) is 0 Å². The van der Waals surface area contributed by atoms with Crippen molar-refractivity contribution in [3.63, 3.8) is 0 Å². The molecular formula is C26H44F3NO9. The number of rotatable bonds is 12. The molecule has 10 nitrogen and oxygen atoms in total. The SMILES string of the molecule is C=C1C[C@](OC)([C@H](O)C(=O)N[C@@H](OCC(F)(F)F)[C@@H]2C[C@H](O)C(C)(C)[C@H](C[C@@H](COC)OC)O2)O[C@H](C)[C@@H]1C. The molecule has 0 aromatic carbocycles. The van der Waals surface area contributed by atoms with Gasteiger partial charge in [0.05, 0.1) is 31.0 Å². The van der Waals surface area contributed by atoms with Crippen LogP contribution >= 0.6 is 0 Å². The van der Waals surface area contributed by atoms with E-state index in [4.69, 9.17) is 28.4 Å². The van der Waals surface area contributed by atoms with Crippen molar-refractivity contribution in [1.29, 1.82) is 0 Å². The van der Waals surface area contributed by atoms with Crippen LogP contribution in [0.15, 0.2) is 12.2 Å². The summed E-state index contributed by atoms with van der Waals surface area (Å²) >= 11 is 0. The number of carbonyl (C=O) groups excluding carboxylic acids is 1. The number of ether oxygens (including phenoxy) is 6. The quantitative estimate of drug-likeness (QED) is 0.239. The van der Waals surface area contributed by atoms with Gasteiger partial charge in [0.25, 0.3) is 5.91 Å². The average Bonchev–Trinajstić information content (AvgIpc) is 2.85. The Morgan fingerprint density at radius 1 is 1.26 bits per heavy atom. The van der Waals surface area contributed by atoms with Crippen molar-refractivity contribution in [2.45, 2.75) is 102 Å².